The van der Waals surface area contributed by atoms with E-state index in [1.165, 1.54) is 12.1 Å². The van der Waals surface area contributed by atoms with Gasteiger partial charge in [0.25, 0.3) is 0 Å². The van der Waals surface area contributed by atoms with E-state index in [0.717, 1.165) is 22.7 Å². The highest BCUT2D eigenvalue weighted by Crippen LogP contribution is 2.30. The lowest BCUT2D eigenvalue weighted by Crippen LogP contribution is -2.29. The SMILES string of the molecule is [H]/N=C1/SCC(=O)N1c1ccccc1C=CC(F)(F)F. The van der Waals surface area contributed by atoms with Gasteiger partial charge < -0.3 is 0 Å². The van der Waals surface area contributed by atoms with Crippen LogP contribution in [0.5, 0.6) is 0 Å². The molecule has 0 atom stereocenters. The smallest absolute Gasteiger partial charge is 0.278 e. The first kappa shape index (κ1) is 12.3. The predicted molar refractivity (Wildman–Crippen MR) is 69.2 cm³/mol. The van der Waals surface area contributed by atoms with Gasteiger partial charge in [0.2, 0.25) is 5.91 Å². The van der Waals surface area contributed by atoms with Gasteiger partial charge >= 0.3 is 6.18 Å². The highest BCUT2D eigenvalue weighted by molar-refractivity contribution is 8.15. The Balaban J connectivity index is 2.42. The van der Waals surface area contributed by atoms with Crippen molar-refractivity contribution in [3.05, 3.63) is 35.9 Å². The van der Waals surface area contributed by atoms with Crippen molar-refractivity contribution < 1.29 is 19.4 Å². The lowest BCUT2D eigenvalue weighted by atomic mass is 10.1. The Morgan fingerprint density at radius 3 is 2.84 bits per heavy atom. The van der Waals surface area contributed by atoms with Crippen LogP contribution in [0.25, 0.3) is 6.08 Å². The Kier molecular flexibility index (Phi) is 3.29. The van der Waals surface area contributed by atoms with Crippen molar-refractivity contribution in [3.63, 3.8) is 0 Å². The number of benzene rings is 1. The molecule has 19 heavy (non-hydrogen) atoms. The zero-order valence-electron chi connectivity index (χ0n) is 10.5. The summed E-state index contributed by atoms with van der Waals surface area (Å²) in [5.41, 5.74) is 0.524. The maximum absolute atomic E-state index is 12.2. The second kappa shape index (κ2) is 5.08. The van der Waals surface area contributed by atoms with Crippen molar-refractivity contribution in [1.29, 1.82) is 5.40 Å². The monoisotopic (exact) mass is 286 g/mol. The van der Waals surface area contributed by atoms with E-state index >= 15 is 0 Å². The number of hydrogen-bond donors (Lipinski definition) is 1. The lowest BCUT2D eigenvalue weighted by Gasteiger charge is -2.17. The first-order chi connectivity index (χ1) is 9.42. The van der Waals surface area contributed by atoms with Gasteiger partial charge in [-0.15, -0.1) is 0 Å². The molecular formula is C12H9F3N2OS. The van der Waals surface area contributed by atoms with Gasteiger partial charge in [0, 0.05) is 6.08 Å². The van der Waals surface area contributed by atoms with Crippen LogP contribution in [0.15, 0.2) is 30.3 Å². The molecule has 1 aromatic rings. The van der Waals surface area contributed by atoms with E-state index in [1.807, 2.05) is 0 Å². The first-order valence-corrected chi connectivity index (χ1v) is 6.24. The van der Waals surface area contributed by atoms with Gasteiger partial charge in [0.1, 0.15) is 0 Å². The number of nitrogens with zero attached hydrogens (tertiary/aromatic N) is 1. The lowest BCUT2D eigenvalue weighted by molar-refractivity contribution is -0.115. The minimum absolute atomic E-state index is 0.108. The molecule has 3 nitrogen and oxygen atoms in total. The Bertz CT molecular complexity index is 586. The average Bonchev–Trinajstić information content (AvgIpc) is 2.77. The number of carbonyl (C=O) groups is 1. The minimum atomic E-state index is -4.43. The molecular weight excluding hydrogens is 277 g/mol. The number of carbonyl (C=O) groups excluding carboxylic acids is 1. The van der Waals surface area contributed by atoms with E-state index in [4.69, 9.17) is 1.41 Å². The quantitative estimate of drug-likeness (QED) is 0.906. The van der Waals surface area contributed by atoms with Crippen molar-refractivity contribution in [2.24, 2.45) is 0 Å². The molecule has 0 aromatic heterocycles. The molecule has 1 heterocycles. The summed E-state index contributed by atoms with van der Waals surface area (Å²) in [6.45, 7) is 0. The number of amidine groups is 1. The van der Waals surface area contributed by atoms with Crippen LogP contribution in [-0.4, -0.2) is 23.0 Å². The van der Waals surface area contributed by atoms with E-state index in [-0.39, 0.29) is 34.2 Å². The van der Waals surface area contributed by atoms with Crippen molar-refractivity contribution >= 4 is 34.6 Å². The second-order valence-corrected chi connectivity index (χ2v) is 4.68. The molecule has 0 saturated carbocycles. The summed E-state index contributed by atoms with van der Waals surface area (Å²) in [4.78, 5) is 13.0. The Morgan fingerprint density at radius 1 is 1.42 bits per heavy atom. The third-order valence-electron chi connectivity index (χ3n) is 2.39. The number of halogens is 3. The number of allylic oxidation sites excluding steroid dienone is 1. The fraction of sp³-hybridized carbons (Fsp3) is 0.167. The second-order valence-electron chi connectivity index (χ2n) is 3.73. The molecule has 7 heteroatoms. The van der Waals surface area contributed by atoms with Crippen LogP contribution in [0, 0.1) is 5.40 Å². The van der Waals surface area contributed by atoms with E-state index in [1.54, 1.807) is 12.1 Å². The number of rotatable bonds is 2. The minimum Gasteiger partial charge on any atom is -0.278 e. The summed E-state index contributed by atoms with van der Waals surface area (Å²) in [5, 5.41) is 3.39. The van der Waals surface area contributed by atoms with Crippen LogP contribution < -0.4 is 4.90 Å². The fourth-order valence-electron chi connectivity index (χ4n) is 1.62. The highest BCUT2D eigenvalue weighted by Gasteiger charge is 2.29. The molecule has 100 valence electrons. The van der Waals surface area contributed by atoms with Gasteiger partial charge in [-0.1, -0.05) is 30.0 Å². The molecule has 1 aliphatic heterocycles. The Hall–Kier alpha value is -1.76. The summed E-state index contributed by atoms with van der Waals surface area (Å²) in [6.07, 6.45) is -3.42. The maximum atomic E-state index is 12.2. The van der Waals surface area contributed by atoms with E-state index in [2.05, 4.69) is 5.40 Å². The number of alkyl halides is 3. The zero-order valence-corrected chi connectivity index (χ0v) is 10.3. The summed E-state index contributed by atoms with van der Waals surface area (Å²) < 4.78 is 43.8. The van der Waals surface area contributed by atoms with E-state index in [0.29, 0.717) is 0 Å². The van der Waals surface area contributed by atoms with Gasteiger partial charge in [-0.05, 0) is 17.7 Å². The van der Waals surface area contributed by atoms with Gasteiger partial charge in [-0.3, -0.25) is 15.1 Å². The third-order valence-corrected chi connectivity index (χ3v) is 3.23. The average molecular weight is 286 g/mol. The van der Waals surface area contributed by atoms with Crippen molar-refractivity contribution in [2.45, 2.75) is 6.18 Å². The van der Waals surface area contributed by atoms with E-state index < -0.39 is 6.18 Å². The summed E-state index contributed by atoms with van der Waals surface area (Å²) in [5.74, 6) is -0.191. The van der Waals surface area contributed by atoms with E-state index in [9.17, 15) is 18.0 Å². The highest BCUT2D eigenvalue weighted by atomic mass is 32.2. The third kappa shape index (κ3) is 3.17. The molecule has 0 unspecified atom stereocenters. The number of nitrogens with one attached hydrogen (secondary N) is 1. The molecule has 0 bridgehead atoms. The molecule has 1 fully saturated rings. The molecule has 0 spiro atoms. The summed E-state index contributed by atoms with van der Waals surface area (Å²) >= 11 is 1.08. The van der Waals surface area contributed by atoms with Crippen LogP contribution >= 0.6 is 11.8 Å². The van der Waals surface area contributed by atoms with Crippen LogP contribution in [0.4, 0.5) is 18.9 Å². The molecule has 1 amide bonds. The molecule has 1 saturated heterocycles. The molecule has 1 aromatic carbocycles. The fourth-order valence-corrected chi connectivity index (χ4v) is 2.33. The molecule has 1 aliphatic rings. The van der Waals surface area contributed by atoms with Crippen molar-refractivity contribution in [3.8, 4) is 0 Å². The van der Waals surface area contributed by atoms with Crippen LogP contribution in [0.2, 0.25) is 1.41 Å². The topological polar surface area (TPSA) is 44.2 Å². The van der Waals surface area contributed by atoms with Crippen LogP contribution in [0.1, 0.15) is 5.56 Å². The molecule has 1 N–H and O–H groups in total. The van der Waals surface area contributed by atoms with Crippen LogP contribution in [-0.2, 0) is 4.79 Å². The molecule has 0 aliphatic carbocycles. The molecule has 0 radical (unpaired) electrons. The predicted octanol–water partition coefficient (Wildman–Crippen LogP) is 3.28. The van der Waals surface area contributed by atoms with Gasteiger partial charge in [0.05, 0.1) is 11.4 Å². The number of amides is 1. The van der Waals surface area contributed by atoms with Crippen molar-refractivity contribution in [2.75, 3.05) is 10.7 Å². The number of thioether (sulfide) groups is 1. The number of anilines is 1. The number of hydrogen-bond acceptors (Lipinski definition) is 3. The molecule has 2 rings (SSSR count). The largest absolute Gasteiger partial charge is 0.409 e. The van der Waals surface area contributed by atoms with Gasteiger partial charge in [-0.25, -0.2) is 0 Å². The first-order valence-electron chi connectivity index (χ1n) is 5.70. The normalized spacial score (nSPS) is 19.5. The maximum Gasteiger partial charge on any atom is 0.409 e. The van der Waals surface area contributed by atoms with Crippen molar-refractivity contribution in [1.82, 2.24) is 0 Å². The number of para-hydroxylation sites is 1. The summed E-state index contributed by atoms with van der Waals surface area (Å²) in [6, 6.07) is 6.17. The Labute approximate surface area is 113 Å². The Morgan fingerprint density at radius 2 is 2.16 bits per heavy atom. The standard InChI is InChI=1S/C12H9F3N2OS/c13-12(14,15)6-5-8-3-1-2-4-9(8)17-10(18)7-19-11(17)16/h1-6,16H,7H2/b6-5?,16-11+. The van der Waals surface area contributed by atoms with Crippen LogP contribution in [0.3, 0.4) is 0 Å². The van der Waals surface area contributed by atoms with Gasteiger partial charge in [-0.2, -0.15) is 13.2 Å². The summed E-state index contributed by atoms with van der Waals surface area (Å²) in [7, 11) is 0. The van der Waals surface area contributed by atoms with Gasteiger partial charge in [0.15, 0.2) is 6.58 Å². The zero-order chi connectivity index (χ0) is 14.8.